The second-order valence-corrected chi connectivity index (χ2v) is 16.5. The second kappa shape index (κ2) is 14.6. The van der Waals surface area contributed by atoms with Crippen LogP contribution in [0, 0.1) is 11.7 Å². The molecule has 5 amide bonds. The van der Waals surface area contributed by atoms with Crippen molar-refractivity contribution in [3.63, 3.8) is 0 Å². The van der Waals surface area contributed by atoms with E-state index in [4.69, 9.17) is 14.2 Å². The molecule has 2 saturated heterocycles. The summed E-state index contributed by atoms with van der Waals surface area (Å²) in [6, 6.07) is 2.29. The van der Waals surface area contributed by atoms with Crippen LogP contribution in [0.15, 0.2) is 30.4 Å². The zero-order chi connectivity index (χ0) is 36.6. The van der Waals surface area contributed by atoms with Gasteiger partial charge < -0.3 is 29.7 Å². The zero-order valence-corrected chi connectivity index (χ0v) is 29.5. The molecule has 4 aliphatic heterocycles. The number of sulfonamides is 1. The fourth-order valence-corrected chi connectivity index (χ4v) is 8.87. The maximum atomic E-state index is 14.4. The van der Waals surface area contributed by atoms with Crippen molar-refractivity contribution >= 4 is 39.9 Å². The van der Waals surface area contributed by atoms with E-state index >= 15 is 0 Å². The first kappa shape index (κ1) is 36.1. The van der Waals surface area contributed by atoms with Gasteiger partial charge in [0.15, 0.2) is 0 Å². The van der Waals surface area contributed by atoms with Crippen LogP contribution >= 0.6 is 0 Å². The summed E-state index contributed by atoms with van der Waals surface area (Å²) in [7, 11) is -3.92. The molecule has 1 unspecified atom stereocenters. The van der Waals surface area contributed by atoms with Gasteiger partial charge in [0, 0.05) is 30.9 Å². The quantitative estimate of drug-likeness (QED) is 0.364. The molecule has 6 atom stereocenters. The van der Waals surface area contributed by atoms with Crippen LogP contribution in [0.1, 0.15) is 75.3 Å². The number of carbonyl (C=O) groups is 5. The van der Waals surface area contributed by atoms with Gasteiger partial charge in [-0.1, -0.05) is 37.1 Å². The third-order valence-corrected chi connectivity index (χ3v) is 12.6. The summed E-state index contributed by atoms with van der Waals surface area (Å²) in [5.74, 6) is -3.07. The Hall–Kier alpha value is -4.25. The predicted molar refractivity (Wildman–Crippen MR) is 180 cm³/mol. The Bertz CT molecular complexity index is 1750. The Morgan fingerprint density at radius 1 is 1.02 bits per heavy atom. The number of rotatable bonds is 6. The van der Waals surface area contributed by atoms with Crippen molar-refractivity contribution in [2.24, 2.45) is 5.92 Å². The van der Waals surface area contributed by atoms with Gasteiger partial charge in [-0.25, -0.2) is 22.4 Å². The van der Waals surface area contributed by atoms with E-state index in [2.05, 4.69) is 15.4 Å². The normalized spacial score (nSPS) is 31.2. The van der Waals surface area contributed by atoms with Gasteiger partial charge in [-0.3, -0.25) is 24.0 Å². The summed E-state index contributed by atoms with van der Waals surface area (Å²) in [6.07, 6.45) is 5.15. The van der Waals surface area contributed by atoms with Crippen molar-refractivity contribution in [2.75, 3.05) is 19.8 Å². The highest BCUT2D eigenvalue weighted by Gasteiger charge is 2.62. The highest BCUT2D eigenvalue weighted by Crippen LogP contribution is 2.46. The van der Waals surface area contributed by atoms with Crippen molar-refractivity contribution in [3.05, 3.63) is 47.3 Å². The summed E-state index contributed by atoms with van der Waals surface area (Å²) in [6.45, 7) is 0.622. The first-order valence-electron chi connectivity index (χ1n) is 18.1. The molecule has 6 aliphatic rings. The summed E-state index contributed by atoms with van der Waals surface area (Å²) in [5, 5.41) is 4.80. The van der Waals surface area contributed by atoms with Crippen LogP contribution in [0.25, 0.3) is 0 Å². The van der Waals surface area contributed by atoms with Crippen LogP contribution in [-0.2, 0) is 51.7 Å². The van der Waals surface area contributed by atoms with Gasteiger partial charge in [0.2, 0.25) is 21.8 Å². The van der Waals surface area contributed by atoms with Gasteiger partial charge >= 0.3 is 12.2 Å². The lowest BCUT2D eigenvalue weighted by molar-refractivity contribution is -0.141. The topological polar surface area (TPSA) is 190 Å². The molecule has 282 valence electrons. The van der Waals surface area contributed by atoms with E-state index in [0.29, 0.717) is 49.8 Å². The molecule has 1 aromatic carbocycles. The van der Waals surface area contributed by atoms with E-state index in [9.17, 15) is 36.8 Å². The Morgan fingerprint density at radius 2 is 1.85 bits per heavy atom. The number of nitrogens with one attached hydrogen (secondary N) is 3. The lowest BCUT2D eigenvalue weighted by atomic mass is 10.0. The second-order valence-electron chi connectivity index (χ2n) is 14.6. The van der Waals surface area contributed by atoms with E-state index in [-0.39, 0.29) is 45.5 Å². The number of alkyl carbamates (subject to hydrolysis) is 1. The fourth-order valence-electron chi connectivity index (χ4n) is 7.51. The lowest BCUT2D eigenvalue weighted by Crippen LogP contribution is -2.58. The molecule has 0 radical (unpaired) electrons. The van der Waals surface area contributed by atoms with E-state index in [1.807, 2.05) is 12.2 Å². The van der Waals surface area contributed by atoms with E-state index in [0.717, 1.165) is 12.8 Å². The van der Waals surface area contributed by atoms with Gasteiger partial charge in [-0.05, 0) is 50.2 Å². The fraction of sp³-hybridized carbons (Fsp3) is 0.629. The Balaban J connectivity index is 1.12. The molecule has 7 rings (SSSR count). The van der Waals surface area contributed by atoms with E-state index in [1.165, 1.54) is 15.9 Å². The van der Waals surface area contributed by atoms with Gasteiger partial charge in [0.1, 0.15) is 35.6 Å². The Morgan fingerprint density at radius 3 is 2.60 bits per heavy atom. The zero-order valence-electron chi connectivity index (χ0n) is 28.7. The molecule has 2 aliphatic carbocycles. The van der Waals surface area contributed by atoms with Crippen molar-refractivity contribution in [3.8, 4) is 0 Å². The SMILES string of the molecule is O=C(N[C@H]1CCCCC/C=C\[C@@H]2C[C@@]2(C(=O)NS(=O)(=O)C2CC2)NC(=O)[C@@H]2C[C@@H](OC(=O)N3Cc4cccc(F)c4C3)CN2C1=O)OC1CCOC1. The van der Waals surface area contributed by atoms with Gasteiger partial charge in [0.05, 0.1) is 31.6 Å². The first-order chi connectivity index (χ1) is 24.9. The lowest BCUT2D eigenvalue weighted by Gasteiger charge is -2.30. The average molecular weight is 746 g/mol. The number of benzene rings is 1. The molecule has 0 spiro atoms. The van der Waals surface area contributed by atoms with Crippen LogP contribution in [0.2, 0.25) is 0 Å². The molecule has 4 heterocycles. The van der Waals surface area contributed by atoms with Crippen LogP contribution in [0.3, 0.4) is 0 Å². The minimum absolute atomic E-state index is 0.00341. The summed E-state index contributed by atoms with van der Waals surface area (Å²) in [4.78, 5) is 71.0. The number of hydrogen-bond acceptors (Lipinski definition) is 10. The van der Waals surface area contributed by atoms with Crippen molar-refractivity contribution in [1.82, 2.24) is 25.2 Å². The molecule has 1 aromatic rings. The number of amides is 5. The molecule has 15 nitrogen and oxygen atoms in total. The molecule has 3 N–H and O–H groups in total. The van der Waals surface area contributed by atoms with E-state index < -0.39 is 86.7 Å². The standard InChI is InChI=1S/C35H44FN5O10S/c36-27-9-6-7-21-17-40(19-26(21)27)34(46)51-24-15-29-30(42)38-35(32(44)39-52(47,48)25-11-12-25)16-22(35)8-4-2-1-3-5-10-28(31(43)41(29)18-24)37-33(45)50-23-13-14-49-20-23/h4,6-9,22-25,28-29H,1-3,5,10-20H2,(H,37,45)(H,38,42)(H,39,44)/b8-4-/t22-,23?,24-,28+,29+,35-/m1/s1. The number of hydrogen-bond donors (Lipinski definition) is 3. The van der Waals surface area contributed by atoms with Gasteiger partial charge in [0.25, 0.3) is 5.91 Å². The molecule has 2 saturated carbocycles. The number of carbonyl (C=O) groups excluding carboxylic acids is 5. The van der Waals surface area contributed by atoms with Crippen LogP contribution in [-0.4, -0.2) is 103 Å². The van der Waals surface area contributed by atoms with Gasteiger partial charge in [-0.2, -0.15) is 0 Å². The molecule has 17 heteroatoms. The smallest absolute Gasteiger partial charge is 0.410 e. The monoisotopic (exact) mass is 745 g/mol. The van der Waals surface area contributed by atoms with Crippen molar-refractivity contribution in [1.29, 1.82) is 0 Å². The number of nitrogens with zero attached hydrogens (tertiary/aromatic N) is 2. The van der Waals surface area contributed by atoms with Gasteiger partial charge in [-0.15, -0.1) is 0 Å². The summed E-state index contributed by atoms with van der Waals surface area (Å²) in [5.41, 5.74) is -0.524. The molecule has 4 fully saturated rings. The molecule has 0 bridgehead atoms. The van der Waals surface area contributed by atoms with Crippen LogP contribution in [0.5, 0.6) is 0 Å². The van der Waals surface area contributed by atoms with Crippen LogP contribution < -0.4 is 15.4 Å². The number of ether oxygens (including phenoxy) is 3. The van der Waals surface area contributed by atoms with Crippen molar-refractivity contribution in [2.45, 2.75) is 112 Å². The minimum Gasteiger partial charge on any atom is -0.444 e. The van der Waals surface area contributed by atoms with Crippen molar-refractivity contribution < 1.29 is 51.0 Å². The third kappa shape index (κ3) is 7.75. The Kier molecular flexibility index (Phi) is 10.2. The first-order valence-corrected chi connectivity index (χ1v) is 19.6. The maximum Gasteiger partial charge on any atom is 0.410 e. The largest absolute Gasteiger partial charge is 0.444 e. The number of allylic oxidation sites excluding steroid dienone is 1. The number of halogens is 1. The Labute approximate surface area is 301 Å². The molecular weight excluding hydrogens is 701 g/mol. The highest BCUT2D eigenvalue weighted by atomic mass is 32.2. The minimum atomic E-state index is -3.92. The van der Waals surface area contributed by atoms with E-state index in [1.54, 1.807) is 12.1 Å². The third-order valence-electron chi connectivity index (χ3n) is 10.7. The number of fused-ring (bicyclic) bond motifs is 3. The summed E-state index contributed by atoms with van der Waals surface area (Å²) >= 11 is 0. The molecular formula is C35H44FN5O10S. The highest BCUT2D eigenvalue weighted by molar-refractivity contribution is 7.91. The summed E-state index contributed by atoms with van der Waals surface area (Å²) < 4.78 is 58.7. The molecule has 52 heavy (non-hydrogen) atoms. The molecule has 0 aromatic heterocycles. The average Bonchev–Trinajstić information content (AvgIpc) is 3.88. The maximum absolute atomic E-state index is 14.4. The van der Waals surface area contributed by atoms with Crippen LogP contribution in [0.4, 0.5) is 14.0 Å². The predicted octanol–water partition coefficient (Wildman–Crippen LogP) is 2.13.